The lowest BCUT2D eigenvalue weighted by molar-refractivity contribution is 0.0473. The van der Waals surface area contributed by atoms with E-state index in [0.717, 1.165) is 11.1 Å². The summed E-state index contributed by atoms with van der Waals surface area (Å²) < 4.78 is 15.5. The molecular formula is C22H17ClN6O4. The maximum absolute atomic E-state index is 12.3. The highest BCUT2D eigenvalue weighted by Gasteiger charge is 2.11. The first-order valence-electron chi connectivity index (χ1n) is 9.57. The summed E-state index contributed by atoms with van der Waals surface area (Å²) in [4.78, 5) is 12.3. The molecule has 0 saturated carbocycles. The predicted octanol–water partition coefficient (Wildman–Crippen LogP) is 3.66. The average molecular weight is 465 g/mol. The van der Waals surface area contributed by atoms with Gasteiger partial charge in [0.2, 0.25) is 0 Å². The molecule has 0 aliphatic heterocycles. The van der Waals surface area contributed by atoms with Crippen molar-refractivity contribution in [3.05, 3.63) is 88.3 Å². The Labute approximate surface area is 192 Å². The van der Waals surface area contributed by atoms with Crippen molar-refractivity contribution in [2.45, 2.75) is 6.61 Å². The fourth-order valence-corrected chi connectivity index (χ4v) is 2.95. The molecule has 0 radical (unpaired) electrons. The molecule has 0 atom stereocenters. The van der Waals surface area contributed by atoms with Crippen LogP contribution in [0.3, 0.4) is 0 Å². The van der Waals surface area contributed by atoms with E-state index in [1.54, 1.807) is 48.5 Å². The summed E-state index contributed by atoms with van der Waals surface area (Å²) >= 11 is 6.08. The fraction of sp³-hybridized carbons (Fsp3) is 0.0455. The number of hydrogen-bond donors (Lipinski definition) is 2. The van der Waals surface area contributed by atoms with Crippen LogP contribution in [-0.2, 0) is 11.3 Å². The molecule has 0 amide bonds. The maximum atomic E-state index is 12.3. The van der Waals surface area contributed by atoms with Crippen LogP contribution in [0.15, 0.2) is 79.9 Å². The zero-order chi connectivity index (χ0) is 23.2. The lowest BCUT2D eigenvalue weighted by Gasteiger charge is -2.07. The molecule has 4 aromatic rings. The third-order valence-corrected chi connectivity index (χ3v) is 4.82. The Morgan fingerprint density at radius 1 is 1.09 bits per heavy atom. The number of esters is 1. The van der Waals surface area contributed by atoms with E-state index in [-0.39, 0.29) is 24.0 Å². The quantitative estimate of drug-likeness (QED) is 0.181. The summed E-state index contributed by atoms with van der Waals surface area (Å²) in [5, 5.41) is 15.1. The van der Waals surface area contributed by atoms with E-state index in [1.807, 2.05) is 12.1 Å². The van der Waals surface area contributed by atoms with Crippen molar-refractivity contribution in [3.8, 4) is 11.3 Å². The van der Waals surface area contributed by atoms with Crippen molar-refractivity contribution >= 4 is 35.4 Å². The van der Waals surface area contributed by atoms with Gasteiger partial charge in [-0.25, -0.2) is 9.42 Å². The second-order valence-electron chi connectivity index (χ2n) is 6.67. The zero-order valence-electron chi connectivity index (χ0n) is 17.0. The minimum absolute atomic E-state index is 0.0166. The third kappa shape index (κ3) is 5.25. The third-order valence-electron chi connectivity index (χ3n) is 4.46. The van der Waals surface area contributed by atoms with Gasteiger partial charge >= 0.3 is 5.97 Å². The molecule has 0 aliphatic rings. The number of rotatable bonds is 7. The van der Waals surface area contributed by atoms with E-state index in [1.165, 1.54) is 6.21 Å². The van der Waals surface area contributed by atoms with Crippen LogP contribution in [0.5, 0.6) is 0 Å². The molecule has 166 valence electrons. The largest absolute Gasteiger partial charge is 0.457 e. The van der Waals surface area contributed by atoms with Gasteiger partial charge < -0.3 is 20.6 Å². The van der Waals surface area contributed by atoms with Gasteiger partial charge in [0.1, 0.15) is 18.1 Å². The molecule has 2 heterocycles. The Morgan fingerprint density at radius 3 is 2.61 bits per heavy atom. The number of halogens is 1. The zero-order valence-corrected chi connectivity index (χ0v) is 17.8. The number of nitrogen functional groups attached to an aromatic ring is 1. The molecule has 4 N–H and O–H groups in total. The molecule has 0 aliphatic carbocycles. The topological polar surface area (TPSA) is 155 Å². The van der Waals surface area contributed by atoms with E-state index in [2.05, 4.69) is 25.1 Å². The highest BCUT2D eigenvalue weighted by atomic mass is 35.5. The second-order valence-corrected chi connectivity index (χ2v) is 7.08. The summed E-state index contributed by atoms with van der Waals surface area (Å²) in [7, 11) is 0. The Kier molecular flexibility index (Phi) is 6.46. The van der Waals surface area contributed by atoms with E-state index >= 15 is 0 Å². The van der Waals surface area contributed by atoms with Gasteiger partial charge in [0.05, 0.1) is 11.8 Å². The maximum Gasteiger partial charge on any atom is 0.338 e. The number of amidine groups is 1. The smallest absolute Gasteiger partial charge is 0.338 e. The molecule has 33 heavy (non-hydrogen) atoms. The SMILES string of the molecule is NC(=N/N=C/c1ccc(-c2ccc(C(=O)OCc3ccccc3Cl)cc2)o1)c1nonc1N. The number of nitrogens with zero attached hydrogens (tertiary/aromatic N) is 4. The number of anilines is 1. The molecule has 2 aromatic carbocycles. The van der Waals surface area contributed by atoms with Crippen molar-refractivity contribution < 1.29 is 18.6 Å². The summed E-state index contributed by atoms with van der Waals surface area (Å²) in [6, 6.07) is 17.5. The number of carbonyl (C=O) groups is 1. The van der Waals surface area contributed by atoms with Gasteiger partial charge in [-0.1, -0.05) is 41.9 Å². The highest BCUT2D eigenvalue weighted by Crippen LogP contribution is 2.23. The number of furan rings is 1. The molecule has 4 rings (SSSR count). The predicted molar refractivity (Wildman–Crippen MR) is 122 cm³/mol. The summed E-state index contributed by atoms with van der Waals surface area (Å²) in [6.45, 7) is 0.0912. The molecule has 10 nitrogen and oxygen atoms in total. The molecule has 0 bridgehead atoms. The summed E-state index contributed by atoms with van der Waals surface area (Å²) in [6.07, 6.45) is 1.38. The number of carbonyl (C=O) groups excluding carboxylic acids is 1. The fourth-order valence-electron chi connectivity index (χ4n) is 2.76. The van der Waals surface area contributed by atoms with Gasteiger partial charge in [0, 0.05) is 16.1 Å². The van der Waals surface area contributed by atoms with Crippen molar-refractivity contribution in [3.63, 3.8) is 0 Å². The Bertz CT molecular complexity index is 1330. The highest BCUT2D eigenvalue weighted by molar-refractivity contribution is 6.31. The first-order valence-corrected chi connectivity index (χ1v) is 9.95. The van der Waals surface area contributed by atoms with Crippen molar-refractivity contribution in [2.75, 3.05) is 5.73 Å². The Morgan fingerprint density at radius 2 is 1.88 bits per heavy atom. The van der Waals surface area contributed by atoms with Gasteiger partial charge in [-0.15, -0.1) is 5.10 Å². The lowest BCUT2D eigenvalue weighted by atomic mass is 10.1. The molecule has 2 aromatic heterocycles. The van der Waals surface area contributed by atoms with Gasteiger partial charge in [-0.3, -0.25) is 0 Å². The first-order chi connectivity index (χ1) is 16.0. The van der Waals surface area contributed by atoms with Crippen LogP contribution < -0.4 is 11.5 Å². The number of nitrogens with two attached hydrogens (primary N) is 2. The number of ether oxygens (including phenoxy) is 1. The number of benzene rings is 2. The second kappa shape index (κ2) is 9.79. The Balaban J connectivity index is 1.38. The van der Waals surface area contributed by atoms with Crippen LogP contribution in [0.1, 0.15) is 27.4 Å². The van der Waals surface area contributed by atoms with Crippen LogP contribution in [0.25, 0.3) is 11.3 Å². The van der Waals surface area contributed by atoms with Crippen LogP contribution in [0.4, 0.5) is 5.82 Å². The standard InChI is InChI=1S/C22H17ClN6O4/c23-17-4-2-1-3-15(17)12-31-22(30)14-7-5-13(6-8-14)18-10-9-16(32-18)11-26-27-20(24)19-21(25)29-33-28-19/h1-11H,12H2,(H2,24,27)(H2,25,29)/b26-11+. The molecule has 0 spiro atoms. The van der Waals surface area contributed by atoms with Gasteiger partial charge in [0.15, 0.2) is 17.3 Å². The van der Waals surface area contributed by atoms with E-state index in [9.17, 15) is 4.79 Å². The minimum Gasteiger partial charge on any atom is -0.457 e. The average Bonchev–Trinajstić information content (AvgIpc) is 3.47. The number of aromatic nitrogens is 2. The number of hydrogen-bond acceptors (Lipinski definition) is 9. The van der Waals surface area contributed by atoms with E-state index < -0.39 is 5.97 Å². The summed E-state index contributed by atoms with van der Waals surface area (Å²) in [5.74, 6) is 0.536. The molecule has 11 heteroatoms. The molecule has 0 fully saturated rings. The van der Waals surface area contributed by atoms with Crippen LogP contribution in [0, 0.1) is 0 Å². The van der Waals surface area contributed by atoms with Crippen molar-refractivity contribution in [2.24, 2.45) is 15.9 Å². The Hall–Kier alpha value is -4.44. The summed E-state index contributed by atoms with van der Waals surface area (Å²) in [5.41, 5.74) is 13.3. The van der Waals surface area contributed by atoms with E-state index in [4.69, 9.17) is 32.2 Å². The van der Waals surface area contributed by atoms with E-state index in [0.29, 0.717) is 22.1 Å². The normalized spacial score (nSPS) is 11.7. The minimum atomic E-state index is -0.452. The lowest BCUT2D eigenvalue weighted by Crippen LogP contribution is -2.15. The van der Waals surface area contributed by atoms with Gasteiger partial charge in [-0.05, 0) is 40.6 Å². The van der Waals surface area contributed by atoms with Crippen molar-refractivity contribution in [1.82, 2.24) is 10.3 Å². The first kappa shape index (κ1) is 21.8. The molecule has 0 saturated heterocycles. The van der Waals surface area contributed by atoms with Gasteiger partial charge in [-0.2, -0.15) is 5.10 Å². The molecule has 0 unspecified atom stereocenters. The van der Waals surface area contributed by atoms with Crippen LogP contribution >= 0.6 is 11.6 Å². The van der Waals surface area contributed by atoms with Crippen molar-refractivity contribution in [1.29, 1.82) is 0 Å². The monoisotopic (exact) mass is 464 g/mol. The van der Waals surface area contributed by atoms with Gasteiger partial charge in [0.25, 0.3) is 0 Å². The molecular weight excluding hydrogens is 448 g/mol. The van der Waals surface area contributed by atoms with Crippen LogP contribution in [-0.4, -0.2) is 28.3 Å². The van der Waals surface area contributed by atoms with Crippen LogP contribution in [0.2, 0.25) is 5.02 Å².